The lowest BCUT2D eigenvalue weighted by Crippen LogP contribution is -2.38. The van der Waals surface area contributed by atoms with Gasteiger partial charge in [-0.25, -0.2) is 13.2 Å². The Hall–Kier alpha value is -2.39. The van der Waals surface area contributed by atoms with Crippen LogP contribution in [0.3, 0.4) is 0 Å². The highest BCUT2D eigenvalue weighted by atomic mass is 32.2. The second kappa shape index (κ2) is 9.40. The van der Waals surface area contributed by atoms with E-state index in [9.17, 15) is 18.0 Å². The number of esters is 1. The van der Waals surface area contributed by atoms with Crippen LogP contribution in [0, 0.1) is 13.8 Å². The van der Waals surface area contributed by atoms with Crippen LogP contribution in [0.2, 0.25) is 0 Å². The maximum atomic E-state index is 12.9. The lowest BCUT2D eigenvalue weighted by atomic mass is 9.95. The highest BCUT2D eigenvalue weighted by Crippen LogP contribution is 2.38. The molecule has 3 rings (SSSR count). The molecule has 0 saturated heterocycles. The van der Waals surface area contributed by atoms with Crippen molar-refractivity contribution in [1.29, 1.82) is 0 Å². The molecule has 9 heteroatoms. The molecule has 1 heterocycles. The van der Waals surface area contributed by atoms with Crippen molar-refractivity contribution in [1.82, 2.24) is 0 Å². The SMILES string of the molecule is CCOC(=O)c1c(NC(=O)CN(c2ccc(C)cc2C)S(C)(=O)=O)sc2c1CCCC2. The van der Waals surface area contributed by atoms with Crippen molar-refractivity contribution in [2.45, 2.75) is 46.5 Å². The van der Waals surface area contributed by atoms with E-state index in [4.69, 9.17) is 4.74 Å². The monoisotopic (exact) mass is 464 g/mol. The third-order valence-corrected chi connectivity index (χ3v) is 7.55. The molecule has 1 amide bonds. The van der Waals surface area contributed by atoms with Gasteiger partial charge in [-0.3, -0.25) is 9.10 Å². The average molecular weight is 465 g/mol. The number of benzene rings is 1. The Morgan fingerprint density at radius 1 is 1.19 bits per heavy atom. The number of hydrogen-bond donors (Lipinski definition) is 1. The molecule has 0 aliphatic heterocycles. The third-order valence-electron chi connectivity index (χ3n) is 5.21. The lowest BCUT2D eigenvalue weighted by Gasteiger charge is -2.24. The molecule has 31 heavy (non-hydrogen) atoms. The average Bonchev–Trinajstić information content (AvgIpc) is 3.03. The van der Waals surface area contributed by atoms with Crippen molar-refractivity contribution in [3.8, 4) is 0 Å². The topological polar surface area (TPSA) is 92.8 Å². The standard InChI is InChI=1S/C22H28N2O5S2/c1-5-29-22(26)20-16-8-6-7-9-18(16)30-21(20)23-19(25)13-24(31(4,27)28)17-11-10-14(2)12-15(17)3/h10-12H,5-9,13H2,1-4H3,(H,23,25). The van der Waals surface area contributed by atoms with E-state index in [0.717, 1.165) is 57.8 Å². The predicted octanol–water partition coefficient (Wildman–Crippen LogP) is 3.83. The summed E-state index contributed by atoms with van der Waals surface area (Å²) in [7, 11) is -3.69. The van der Waals surface area contributed by atoms with Gasteiger partial charge in [-0.05, 0) is 63.6 Å². The molecule has 1 aromatic carbocycles. The van der Waals surface area contributed by atoms with E-state index in [1.807, 2.05) is 26.0 Å². The zero-order chi connectivity index (χ0) is 22.8. The number of nitrogens with one attached hydrogen (secondary N) is 1. The number of ether oxygens (including phenoxy) is 1. The van der Waals surface area contributed by atoms with E-state index >= 15 is 0 Å². The zero-order valence-electron chi connectivity index (χ0n) is 18.3. The highest BCUT2D eigenvalue weighted by molar-refractivity contribution is 7.92. The quantitative estimate of drug-likeness (QED) is 0.629. The van der Waals surface area contributed by atoms with Crippen molar-refractivity contribution in [3.05, 3.63) is 45.3 Å². The first-order valence-corrected chi connectivity index (χ1v) is 12.9. The number of rotatable bonds is 7. The number of carbonyl (C=O) groups is 2. The number of anilines is 2. The summed E-state index contributed by atoms with van der Waals surface area (Å²) in [6.07, 6.45) is 4.73. The number of hydrogen-bond acceptors (Lipinski definition) is 6. The minimum absolute atomic E-state index is 0.241. The van der Waals surface area contributed by atoms with Crippen molar-refractivity contribution in [2.75, 3.05) is 29.0 Å². The number of fused-ring (bicyclic) bond motifs is 1. The molecular weight excluding hydrogens is 436 g/mol. The van der Waals surface area contributed by atoms with Crippen LogP contribution in [0.25, 0.3) is 0 Å². The van der Waals surface area contributed by atoms with E-state index < -0.39 is 21.9 Å². The summed E-state index contributed by atoms with van der Waals surface area (Å²) in [5.74, 6) is -0.957. The number of amides is 1. The summed E-state index contributed by atoms with van der Waals surface area (Å²) >= 11 is 1.38. The van der Waals surface area contributed by atoms with E-state index in [0.29, 0.717) is 16.3 Å². The minimum Gasteiger partial charge on any atom is -0.462 e. The number of sulfonamides is 1. The van der Waals surface area contributed by atoms with E-state index in [1.54, 1.807) is 13.0 Å². The fraction of sp³-hybridized carbons (Fsp3) is 0.455. The summed E-state index contributed by atoms with van der Waals surface area (Å²) in [4.78, 5) is 26.6. The van der Waals surface area contributed by atoms with E-state index in [-0.39, 0.29) is 13.2 Å². The number of carbonyl (C=O) groups excluding carboxylic acids is 2. The summed E-state index contributed by atoms with van der Waals surface area (Å²) in [6, 6.07) is 5.38. The normalized spacial score (nSPS) is 13.4. The first-order chi connectivity index (χ1) is 14.6. The maximum Gasteiger partial charge on any atom is 0.341 e. The Labute approximate surface area is 187 Å². The Kier molecular flexibility index (Phi) is 7.06. The van der Waals surface area contributed by atoms with E-state index in [2.05, 4.69) is 5.32 Å². The van der Waals surface area contributed by atoms with Gasteiger partial charge < -0.3 is 10.1 Å². The molecule has 2 aromatic rings. The molecule has 0 fully saturated rings. The van der Waals surface area contributed by atoms with Crippen molar-refractivity contribution in [2.24, 2.45) is 0 Å². The van der Waals surface area contributed by atoms with Crippen molar-refractivity contribution >= 4 is 43.9 Å². The number of aryl methyl sites for hydroxylation is 3. The Balaban J connectivity index is 1.89. The van der Waals surface area contributed by atoms with Gasteiger partial charge in [0.15, 0.2) is 0 Å². The molecular formula is C22H28N2O5S2. The molecule has 0 radical (unpaired) electrons. The molecule has 1 aliphatic carbocycles. The van der Waals surface area contributed by atoms with Crippen LogP contribution in [0.15, 0.2) is 18.2 Å². The van der Waals surface area contributed by atoms with E-state index in [1.165, 1.54) is 11.3 Å². The summed E-state index contributed by atoms with van der Waals surface area (Å²) < 4.78 is 31.2. The van der Waals surface area contributed by atoms with Crippen LogP contribution in [-0.2, 0) is 32.4 Å². The summed E-state index contributed by atoms with van der Waals surface area (Å²) in [5, 5.41) is 3.22. The number of nitrogens with zero attached hydrogens (tertiary/aromatic N) is 1. The van der Waals surface area contributed by atoms with Gasteiger partial charge in [0.25, 0.3) is 0 Å². The minimum atomic E-state index is -3.69. The van der Waals surface area contributed by atoms with Crippen LogP contribution < -0.4 is 9.62 Å². The molecule has 0 atom stereocenters. The fourth-order valence-electron chi connectivity index (χ4n) is 3.84. The molecule has 0 unspecified atom stereocenters. The summed E-state index contributed by atoms with van der Waals surface area (Å²) in [5.41, 5.74) is 3.57. The van der Waals surface area contributed by atoms with Crippen molar-refractivity contribution < 1.29 is 22.7 Å². The second-order valence-corrected chi connectivity index (χ2v) is 10.8. The van der Waals surface area contributed by atoms with Gasteiger partial charge in [-0.15, -0.1) is 11.3 Å². The molecule has 0 spiro atoms. The molecule has 1 aliphatic rings. The fourth-order valence-corrected chi connectivity index (χ4v) is 6.04. The molecule has 0 bridgehead atoms. The predicted molar refractivity (Wildman–Crippen MR) is 124 cm³/mol. The largest absolute Gasteiger partial charge is 0.462 e. The smallest absolute Gasteiger partial charge is 0.341 e. The van der Waals surface area contributed by atoms with Crippen molar-refractivity contribution in [3.63, 3.8) is 0 Å². The Bertz CT molecular complexity index is 1110. The van der Waals surface area contributed by atoms with Gasteiger partial charge in [0.1, 0.15) is 11.5 Å². The Morgan fingerprint density at radius 2 is 1.90 bits per heavy atom. The van der Waals surface area contributed by atoms with Crippen LogP contribution in [-0.4, -0.2) is 39.7 Å². The van der Waals surface area contributed by atoms with Gasteiger partial charge >= 0.3 is 5.97 Å². The van der Waals surface area contributed by atoms with Gasteiger partial charge in [0.05, 0.1) is 24.1 Å². The summed E-state index contributed by atoms with van der Waals surface area (Å²) in [6.45, 7) is 5.33. The number of thiophene rings is 1. The third kappa shape index (κ3) is 5.27. The molecule has 168 valence electrons. The van der Waals surface area contributed by atoms with Gasteiger partial charge in [0, 0.05) is 4.88 Å². The molecule has 0 saturated carbocycles. The first kappa shape index (κ1) is 23.3. The second-order valence-electron chi connectivity index (χ2n) is 7.74. The van der Waals surface area contributed by atoms with Crippen LogP contribution in [0.1, 0.15) is 51.7 Å². The zero-order valence-corrected chi connectivity index (χ0v) is 19.9. The highest BCUT2D eigenvalue weighted by Gasteiger charge is 2.29. The lowest BCUT2D eigenvalue weighted by molar-refractivity contribution is -0.114. The first-order valence-electron chi connectivity index (χ1n) is 10.3. The van der Waals surface area contributed by atoms with Gasteiger partial charge in [-0.1, -0.05) is 17.7 Å². The van der Waals surface area contributed by atoms with Crippen LogP contribution >= 0.6 is 11.3 Å². The van der Waals surface area contributed by atoms with Crippen LogP contribution in [0.4, 0.5) is 10.7 Å². The molecule has 1 aromatic heterocycles. The molecule has 1 N–H and O–H groups in total. The Morgan fingerprint density at radius 3 is 2.55 bits per heavy atom. The maximum absolute atomic E-state index is 12.9. The van der Waals surface area contributed by atoms with Crippen LogP contribution in [0.5, 0.6) is 0 Å². The van der Waals surface area contributed by atoms with Gasteiger partial charge in [0.2, 0.25) is 15.9 Å². The van der Waals surface area contributed by atoms with Gasteiger partial charge in [-0.2, -0.15) is 0 Å². The molecule has 7 nitrogen and oxygen atoms in total.